The first-order valence-electron chi connectivity index (χ1n) is 7.22. The van der Waals surface area contributed by atoms with Crippen molar-refractivity contribution in [3.63, 3.8) is 0 Å². The molecule has 0 atom stereocenters. The zero-order valence-electron chi connectivity index (χ0n) is 12.8. The molecule has 1 N–H and O–H groups in total. The van der Waals surface area contributed by atoms with E-state index in [0.717, 1.165) is 31.6 Å². The summed E-state index contributed by atoms with van der Waals surface area (Å²) in [5, 5.41) is 3.36. The molecule has 110 valence electrons. The monoisotopic (exact) mass is 276 g/mol. The molecule has 1 saturated heterocycles. The maximum Gasteiger partial charge on any atom is 0.227 e. The highest BCUT2D eigenvalue weighted by Gasteiger charge is 2.30. The number of nitrogens with one attached hydrogen (secondary N) is 1. The van der Waals surface area contributed by atoms with Crippen LogP contribution in [-0.4, -0.2) is 39.9 Å². The van der Waals surface area contributed by atoms with E-state index in [4.69, 9.17) is 0 Å². The van der Waals surface area contributed by atoms with Gasteiger partial charge in [-0.1, -0.05) is 20.8 Å². The second-order valence-electron chi connectivity index (χ2n) is 6.48. The van der Waals surface area contributed by atoms with Gasteiger partial charge in [0.25, 0.3) is 0 Å². The summed E-state index contributed by atoms with van der Waals surface area (Å²) in [6, 6.07) is 2.23. The molecule has 5 nitrogen and oxygen atoms in total. The lowest BCUT2D eigenvalue weighted by Crippen LogP contribution is -2.46. The first kappa shape index (κ1) is 14.8. The van der Waals surface area contributed by atoms with E-state index in [9.17, 15) is 4.79 Å². The van der Waals surface area contributed by atoms with Crippen molar-refractivity contribution in [3.8, 4) is 0 Å². The summed E-state index contributed by atoms with van der Waals surface area (Å²) < 4.78 is 0. The Kier molecular flexibility index (Phi) is 4.26. The van der Waals surface area contributed by atoms with Crippen LogP contribution in [0.25, 0.3) is 0 Å². The number of hydrogen-bond donors (Lipinski definition) is 1. The Morgan fingerprint density at radius 1 is 1.35 bits per heavy atom. The fraction of sp³-hybridized carbons (Fsp3) is 0.667. The van der Waals surface area contributed by atoms with E-state index >= 15 is 0 Å². The Morgan fingerprint density at radius 3 is 2.55 bits per heavy atom. The molecule has 0 radical (unpaired) electrons. The standard InChI is InChI=1S/C15H24N4O/c1-11-5-8-16-14(17-11)18-12-6-9-19(10-7-12)13(20)15(2,3)4/h5,8,12H,6-7,9-10H2,1-4H3,(H,16,17,18). The number of carbonyl (C=O) groups is 1. The van der Waals surface area contributed by atoms with Gasteiger partial charge in [-0.05, 0) is 25.8 Å². The van der Waals surface area contributed by atoms with Crippen molar-refractivity contribution in [1.29, 1.82) is 0 Å². The largest absolute Gasteiger partial charge is 0.351 e. The van der Waals surface area contributed by atoms with Gasteiger partial charge in [0.2, 0.25) is 11.9 Å². The molecule has 0 spiro atoms. The van der Waals surface area contributed by atoms with Gasteiger partial charge in [-0.2, -0.15) is 0 Å². The van der Waals surface area contributed by atoms with Gasteiger partial charge >= 0.3 is 0 Å². The molecule has 1 amide bonds. The van der Waals surface area contributed by atoms with Crippen LogP contribution in [0.2, 0.25) is 0 Å². The highest BCUT2D eigenvalue weighted by molar-refractivity contribution is 5.81. The number of rotatable bonds is 2. The SMILES string of the molecule is Cc1ccnc(NC2CCN(C(=O)C(C)(C)C)CC2)n1. The zero-order chi connectivity index (χ0) is 14.8. The molecule has 2 rings (SSSR count). The number of amides is 1. The molecule has 1 aliphatic rings. The number of carbonyl (C=O) groups excluding carboxylic acids is 1. The Morgan fingerprint density at radius 2 is 2.00 bits per heavy atom. The van der Waals surface area contributed by atoms with Gasteiger partial charge in [0.15, 0.2) is 0 Å². The fourth-order valence-electron chi connectivity index (χ4n) is 2.40. The van der Waals surface area contributed by atoms with Crippen LogP contribution in [-0.2, 0) is 4.79 Å². The Hall–Kier alpha value is -1.65. The minimum atomic E-state index is -0.292. The van der Waals surface area contributed by atoms with Crippen LogP contribution < -0.4 is 5.32 Å². The summed E-state index contributed by atoms with van der Waals surface area (Å²) in [6.45, 7) is 9.48. The third-order valence-corrected chi connectivity index (χ3v) is 3.55. The zero-order valence-corrected chi connectivity index (χ0v) is 12.8. The van der Waals surface area contributed by atoms with Crippen LogP contribution in [0.15, 0.2) is 12.3 Å². The summed E-state index contributed by atoms with van der Waals surface area (Å²) in [6.07, 6.45) is 3.65. The maximum absolute atomic E-state index is 12.2. The molecule has 20 heavy (non-hydrogen) atoms. The van der Waals surface area contributed by atoms with E-state index in [1.54, 1.807) is 6.20 Å². The molecule has 1 aromatic heterocycles. The highest BCUT2D eigenvalue weighted by Crippen LogP contribution is 2.21. The summed E-state index contributed by atoms with van der Waals surface area (Å²) in [5.74, 6) is 0.924. The molecule has 1 fully saturated rings. The number of aryl methyl sites for hydroxylation is 1. The average molecular weight is 276 g/mol. The lowest BCUT2D eigenvalue weighted by molar-refractivity contribution is -0.140. The summed E-state index contributed by atoms with van der Waals surface area (Å²) in [5.41, 5.74) is 0.669. The van der Waals surface area contributed by atoms with Gasteiger partial charge in [0.05, 0.1) is 0 Å². The van der Waals surface area contributed by atoms with Crippen LogP contribution in [0.4, 0.5) is 5.95 Å². The average Bonchev–Trinajstić information content (AvgIpc) is 2.38. The van der Waals surface area contributed by atoms with Crippen molar-refractivity contribution in [2.24, 2.45) is 5.41 Å². The molecule has 5 heteroatoms. The third kappa shape index (κ3) is 3.68. The van der Waals surface area contributed by atoms with Gasteiger partial charge in [-0.15, -0.1) is 0 Å². The topological polar surface area (TPSA) is 58.1 Å². The number of piperidine rings is 1. The number of hydrogen-bond acceptors (Lipinski definition) is 4. The minimum absolute atomic E-state index is 0.239. The molecule has 0 aromatic carbocycles. The Balaban J connectivity index is 1.87. The Bertz CT molecular complexity index is 473. The van der Waals surface area contributed by atoms with Crippen LogP contribution >= 0.6 is 0 Å². The van der Waals surface area contributed by atoms with Gasteiger partial charge in [0, 0.05) is 36.4 Å². The lowest BCUT2D eigenvalue weighted by Gasteiger charge is -2.36. The molecule has 1 aromatic rings. The lowest BCUT2D eigenvalue weighted by atomic mass is 9.93. The van der Waals surface area contributed by atoms with E-state index in [1.807, 2.05) is 38.7 Å². The summed E-state index contributed by atoms with van der Waals surface area (Å²) >= 11 is 0. The van der Waals surface area contributed by atoms with Crippen molar-refractivity contribution >= 4 is 11.9 Å². The molecule has 0 saturated carbocycles. The van der Waals surface area contributed by atoms with E-state index in [2.05, 4.69) is 15.3 Å². The van der Waals surface area contributed by atoms with Crippen LogP contribution in [0.5, 0.6) is 0 Å². The molecule has 0 unspecified atom stereocenters. The smallest absolute Gasteiger partial charge is 0.227 e. The predicted molar refractivity (Wildman–Crippen MR) is 79.4 cm³/mol. The third-order valence-electron chi connectivity index (χ3n) is 3.55. The van der Waals surface area contributed by atoms with Crippen molar-refractivity contribution in [1.82, 2.24) is 14.9 Å². The second-order valence-corrected chi connectivity index (χ2v) is 6.48. The van der Waals surface area contributed by atoms with E-state index in [1.165, 1.54) is 0 Å². The Labute approximate surface area is 120 Å². The quantitative estimate of drug-likeness (QED) is 0.900. The molecular formula is C15H24N4O. The van der Waals surface area contributed by atoms with Crippen molar-refractivity contribution in [2.75, 3.05) is 18.4 Å². The second kappa shape index (κ2) is 5.77. The first-order valence-corrected chi connectivity index (χ1v) is 7.22. The van der Waals surface area contributed by atoms with E-state index < -0.39 is 0 Å². The molecule has 0 bridgehead atoms. The normalized spacial score (nSPS) is 17.1. The predicted octanol–water partition coefficient (Wildman–Crippen LogP) is 2.23. The highest BCUT2D eigenvalue weighted by atomic mass is 16.2. The number of aromatic nitrogens is 2. The van der Waals surface area contributed by atoms with Crippen LogP contribution in [0.1, 0.15) is 39.3 Å². The maximum atomic E-state index is 12.2. The van der Waals surface area contributed by atoms with Crippen LogP contribution in [0.3, 0.4) is 0 Å². The van der Waals surface area contributed by atoms with Gasteiger partial charge < -0.3 is 10.2 Å². The van der Waals surface area contributed by atoms with E-state index in [-0.39, 0.29) is 11.3 Å². The van der Waals surface area contributed by atoms with Crippen molar-refractivity contribution in [2.45, 2.75) is 46.6 Å². The van der Waals surface area contributed by atoms with Crippen LogP contribution in [0, 0.1) is 12.3 Å². The molecule has 0 aliphatic carbocycles. The fourth-order valence-corrected chi connectivity index (χ4v) is 2.40. The van der Waals surface area contributed by atoms with Gasteiger partial charge in [-0.3, -0.25) is 4.79 Å². The first-order chi connectivity index (χ1) is 9.36. The van der Waals surface area contributed by atoms with E-state index in [0.29, 0.717) is 12.0 Å². The molecular weight excluding hydrogens is 252 g/mol. The molecule has 2 heterocycles. The minimum Gasteiger partial charge on any atom is -0.351 e. The van der Waals surface area contributed by atoms with Gasteiger partial charge in [-0.25, -0.2) is 9.97 Å². The van der Waals surface area contributed by atoms with Crippen molar-refractivity contribution in [3.05, 3.63) is 18.0 Å². The summed E-state index contributed by atoms with van der Waals surface area (Å²) in [7, 11) is 0. The number of anilines is 1. The number of likely N-dealkylation sites (tertiary alicyclic amines) is 1. The van der Waals surface area contributed by atoms with Crippen molar-refractivity contribution < 1.29 is 4.79 Å². The molecule has 1 aliphatic heterocycles. The summed E-state index contributed by atoms with van der Waals surface area (Å²) in [4.78, 5) is 22.8. The van der Waals surface area contributed by atoms with Gasteiger partial charge in [0.1, 0.15) is 0 Å². The number of nitrogens with zero attached hydrogens (tertiary/aromatic N) is 3.